The fraction of sp³-hybridized carbons (Fsp3) is 0.122. The largest absolute Gasteiger partial charge is 0.478 e. The highest BCUT2D eigenvalue weighted by Gasteiger charge is 2.12. The van der Waals surface area contributed by atoms with E-state index >= 15 is 0 Å². The number of hydrogen-bond donors (Lipinski definition) is 3. The molecule has 8 rings (SSSR count). The molecule has 13 nitrogen and oxygen atoms in total. The minimum atomic E-state index is -0.975. The Balaban J connectivity index is 0.000000175. The van der Waals surface area contributed by atoms with Crippen molar-refractivity contribution in [1.29, 1.82) is 0 Å². The summed E-state index contributed by atoms with van der Waals surface area (Å²) >= 11 is 3.13. The zero-order valence-electron chi connectivity index (χ0n) is 29.6. The molecule has 0 atom stereocenters. The molecule has 0 aliphatic rings. The van der Waals surface area contributed by atoms with Gasteiger partial charge in [-0.2, -0.15) is 9.97 Å². The topological polar surface area (TPSA) is 196 Å². The normalized spacial score (nSPS) is 10.3. The SMILES string of the molecule is C.Cc1nc(-c2cccc(C(=O)NCc3nc(-c4ccccc4)cs3)c2)no1.Cc1nc(-c2cccc(C(=O)O)c2)no1.NCc1nc(-c2ccccc2)cs1. The molecule has 0 unspecified atom stereocenters. The Labute approximate surface area is 331 Å². The van der Waals surface area contributed by atoms with E-state index in [0.717, 1.165) is 38.1 Å². The maximum Gasteiger partial charge on any atom is 0.335 e. The number of amides is 1. The number of thiazole rings is 2. The molecule has 4 N–H and O–H groups in total. The van der Waals surface area contributed by atoms with Gasteiger partial charge in [-0.25, -0.2) is 14.8 Å². The van der Waals surface area contributed by atoms with Crippen LogP contribution in [0.15, 0.2) is 129 Å². The summed E-state index contributed by atoms with van der Waals surface area (Å²) in [5, 5.41) is 25.2. The van der Waals surface area contributed by atoms with Crippen molar-refractivity contribution in [3.8, 4) is 45.3 Å². The van der Waals surface area contributed by atoms with E-state index in [0.29, 0.717) is 47.6 Å². The van der Waals surface area contributed by atoms with Crippen LogP contribution in [0.5, 0.6) is 0 Å². The summed E-state index contributed by atoms with van der Waals surface area (Å²) in [6.45, 7) is 4.31. The molecule has 4 aromatic heterocycles. The first-order chi connectivity index (χ1) is 26.7. The van der Waals surface area contributed by atoms with Crippen molar-refractivity contribution < 1.29 is 23.7 Å². The standard InChI is InChI=1S/C20H16N4O2S.C10H8N2O3.C10H10N2S.CH4/c1-13-22-19(24-26-13)15-8-5-9-16(10-15)20(25)21-11-18-23-17(12-27-18)14-6-3-2-4-7-14;1-6-11-9(12-15-6)7-3-2-4-8(5-7)10(13)14;11-6-10-12-9(7-13-10)8-4-2-1-3-5-8;/h2-10,12H,11H2,1H3,(H,21,25);2-5H,1H3,(H,13,14);1-5,7H,6,11H2;1H4. The summed E-state index contributed by atoms with van der Waals surface area (Å²) in [7, 11) is 0. The lowest BCUT2D eigenvalue weighted by Crippen LogP contribution is -2.22. The number of nitrogens with one attached hydrogen (secondary N) is 1. The number of carbonyl (C=O) groups is 2. The zero-order valence-corrected chi connectivity index (χ0v) is 31.3. The van der Waals surface area contributed by atoms with E-state index < -0.39 is 5.97 Å². The second-order valence-electron chi connectivity index (χ2n) is 11.6. The van der Waals surface area contributed by atoms with Gasteiger partial charge in [-0.05, 0) is 24.3 Å². The third kappa shape index (κ3) is 10.9. The van der Waals surface area contributed by atoms with Crippen LogP contribution in [0.2, 0.25) is 0 Å². The van der Waals surface area contributed by atoms with E-state index in [-0.39, 0.29) is 18.9 Å². The fourth-order valence-electron chi connectivity index (χ4n) is 4.96. The maximum absolute atomic E-state index is 12.5. The van der Waals surface area contributed by atoms with Gasteiger partial charge in [-0.15, -0.1) is 22.7 Å². The van der Waals surface area contributed by atoms with Crippen molar-refractivity contribution >= 4 is 34.6 Å². The first kappa shape index (κ1) is 40.5. The van der Waals surface area contributed by atoms with Gasteiger partial charge in [0.05, 0.1) is 23.5 Å². The zero-order chi connectivity index (χ0) is 38.6. The number of aryl methyl sites for hydroxylation is 2. The number of carboxylic acid groups (broad SMARTS) is 1. The number of carbonyl (C=O) groups excluding carboxylic acids is 1. The average molecular weight is 787 g/mol. The van der Waals surface area contributed by atoms with Crippen molar-refractivity contribution in [1.82, 2.24) is 35.6 Å². The van der Waals surface area contributed by atoms with Crippen molar-refractivity contribution in [2.75, 3.05) is 0 Å². The quantitative estimate of drug-likeness (QED) is 0.126. The first-order valence-electron chi connectivity index (χ1n) is 16.8. The monoisotopic (exact) mass is 786 g/mol. The van der Waals surface area contributed by atoms with Crippen LogP contribution in [0.3, 0.4) is 0 Å². The Morgan fingerprint density at radius 3 is 1.57 bits per heavy atom. The first-order valence-corrected chi connectivity index (χ1v) is 18.5. The molecule has 0 spiro atoms. The van der Waals surface area contributed by atoms with Crippen LogP contribution in [-0.4, -0.2) is 47.2 Å². The molecule has 8 aromatic rings. The minimum absolute atomic E-state index is 0. The van der Waals surface area contributed by atoms with Gasteiger partial charge in [0.1, 0.15) is 10.0 Å². The highest BCUT2D eigenvalue weighted by molar-refractivity contribution is 7.10. The maximum atomic E-state index is 12.5. The van der Waals surface area contributed by atoms with Crippen LogP contribution in [0.1, 0.15) is 49.9 Å². The van der Waals surface area contributed by atoms with Gasteiger partial charge >= 0.3 is 5.97 Å². The lowest BCUT2D eigenvalue weighted by Gasteiger charge is -2.04. The van der Waals surface area contributed by atoms with Crippen molar-refractivity contribution in [2.24, 2.45) is 5.73 Å². The number of nitrogens with zero attached hydrogens (tertiary/aromatic N) is 6. The molecule has 56 heavy (non-hydrogen) atoms. The van der Waals surface area contributed by atoms with Crippen LogP contribution in [0.25, 0.3) is 45.3 Å². The van der Waals surface area contributed by atoms with Crippen LogP contribution >= 0.6 is 22.7 Å². The number of rotatable bonds is 9. The van der Waals surface area contributed by atoms with E-state index in [4.69, 9.17) is 19.9 Å². The van der Waals surface area contributed by atoms with Gasteiger partial charge in [0.2, 0.25) is 23.4 Å². The fourth-order valence-corrected chi connectivity index (χ4v) is 6.39. The molecule has 4 heterocycles. The van der Waals surface area contributed by atoms with Crippen molar-refractivity contribution in [2.45, 2.75) is 34.4 Å². The molecule has 0 bridgehead atoms. The number of aromatic nitrogens is 6. The van der Waals surface area contributed by atoms with Crippen LogP contribution in [-0.2, 0) is 13.1 Å². The highest BCUT2D eigenvalue weighted by Crippen LogP contribution is 2.23. The second-order valence-corrected chi connectivity index (χ2v) is 13.5. The Morgan fingerprint density at radius 2 is 1.11 bits per heavy atom. The number of carboxylic acids is 1. The molecule has 15 heteroatoms. The Morgan fingerprint density at radius 1 is 0.643 bits per heavy atom. The predicted molar refractivity (Wildman–Crippen MR) is 217 cm³/mol. The van der Waals surface area contributed by atoms with Crippen LogP contribution in [0.4, 0.5) is 0 Å². The van der Waals surface area contributed by atoms with E-state index in [9.17, 15) is 9.59 Å². The van der Waals surface area contributed by atoms with Gasteiger partial charge < -0.3 is 25.2 Å². The number of hydrogen-bond acceptors (Lipinski definition) is 13. The Bertz CT molecular complexity index is 2480. The smallest absolute Gasteiger partial charge is 0.335 e. The van der Waals surface area contributed by atoms with E-state index in [1.165, 1.54) is 23.5 Å². The van der Waals surface area contributed by atoms with Crippen molar-refractivity contribution in [3.63, 3.8) is 0 Å². The third-order valence-electron chi connectivity index (χ3n) is 7.62. The molecule has 0 saturated carbocycles. The third-order valence-corrected chi connectivity index (χ3v) is 9.34. The van der Waals surface area contributed by atoms with E-state index in [1.807, 2.05) is 65.4 Å². The molecule has 0 fully saturated rings. The molecular weight excluding hydrogens is 749 g/mol. The van der Waals surface area contributed by atoms with Crippen molar-refractivity contribution in [3.05, 3.63) is 153 Å². The molecule has 0 radical (unpaired) electrons. The van der Waals surface area contributed by atoms with Crippen LogP contribution < -0.4 is 11.1 Å². The summed E-state index contributed by atoms with van der Waals surface area (Å²) in [6, 6.07) is 33.6. The predicted octanol–water partition coefficient (Wildman–Crippen LogP) is 8.75. The molecule has 0 aliphatic heterocycles. The molecule has 1 amide bonds. The minimum Gasteiger partial charge on any atom is -0.478 e. The molecule has 284 valence electrons. The summed E-state index contributed by atoms with van der Waals surface area (Å²) < 4.78 is 9.81. The lowest BCUT2D eigenvalue weighted by atomic mass is 10.1. The summed E-state index contributed by atoms with van der Waals surface area (Å²) in [4.78, 5) is 40.4. The van der Waals surface area contributed by atoms with Crippen LogP contribution in [0, 0.1) is 13.8 Å². The van der Waals surface area contributed by atoms with Gasteiger partial charge in [-0.3, -0.25) is 4.79 Å². The highest BCUT2D eigenvalue weighted by atomic mass is 32.1. The molecule has 0 saturated heterocycles. The number of benzene rings is 4. The van der Waals surface area contributed by atoms with Gasteiger partial charge in [0.25, 0.3) is 5.91 Å². The molecular formula is C41H38N8O5S2. The van der Waals surface area contributed by atoms with Gasteiger partial charge in [0, 0.05) is 59.0 Å². The summed E-state index contributed by atoms with van der Waals surface area (Å²) in [5.41, 5.74) is 11.7. The Hall–Kier alpha value is -6.68. The Kier molecular flexibility index (Phi) is 14.2. The second kappa shape index (κ2) is 19.6. The van der Waals surface area contributed by atoms with Gasteiger partial charge in [0.15, 0.2) is 0 Å². The van der Waals surface area contributed by atoms with E-state index in [2.05, 4.69) is 47.7 Å². The average Bonchev–Trinajstić information content (AvgIpc) is 4.07. The molecule has 0 aliphatic carbocycles. The number of nitrogens with two attached hydrogens (primary N) is 1. The summed E-state index contributed by atoms with van der Waals surface area (Å²) in [6.07, 6.45) is 0. The number of aromatic carboxylic acids is 1. The summed E-state index contributed by atoms with van der Waals surface area (Å²) in [5.74, 6) is 0.652. The van der Waals surface area contributed by atoms with Gasteiger partial charge in [-0.1, -0.05) is 103 Å². The van der Waals surface area contributed by atoms with E-state index in [1.54, 1.807) is 55.5 Å². The molecule has 4 aromatic carbocycles. The lowest BCUT2D eigenvalue weighted by molar-refractivity contribution is 0.0696.